The average Bonchev–Trinajstić information content (AvgIpc) is 3.21. The van der Waals surface area contributed by atoms with Gasteiger partial charge in [0.25, 0.3) is 5.91 Å². The van der Waals surface area contributed by atoms with Crippen LogP contribution in [0.15, 0.2) is 40.9 Å². The molecule has 4 rings (SSSR count). The minimum atomic E-state index is -0.284. The first kappa shape index (κ1) is 15.0. The molecule has 0 saturated carbocycles. The van der Waals surface area contributed by atoms with Crippen molar-refractivity contribution in [1.29, 1.82) is 0 Å². The van der Waals surface area contributed by atoms with E-state index in [0.29, 0.717) is 34.2 Å². The molecule has 3 heterocycles. The number of carbonyl (C=O) groups excluding carboxylic acids is 1. The predicted molar refractivity (Wildman–Crippen MR) is 91.0 cm³/mol. The molecule has 3 aromatic heterocycles. The number of nitrogens with zero attached hydrogens (tertiary/aromatic N) is 4. The molecular weight excluding hydrogens is 320 g/mol. The summed E-state index contributed by atoms with van der Waals surface area (Å²) in [5, 5.41) is 18.5. The molecule has 0 aliphatic rings. The van der Waals surface area contributed by atoms with Crippen molar-refractivity contribution in [3.8, 4) is 11.5 Å². The Morgan fingerprint density at radius 2 is 2.04 bits per heavy atom. The molecule has 0 radical (unpaired) electrons. The van der Waals surface area contributed by atoms with Crippen molar-refractivity contribution in [3.05, 3.63) is 53.7 Å². The Labute approximate surface area is 142 Å². The third-order valence-electron chi connectivity index (χ3n) is 3.79. The quantitative estimate of drug-likeness (QED) is 0.596. The number of fused-ring (bicyclic) bond motifs is 1. The van der Waals surface area contributed by atoms with E-state index >= 15 is 0 Å². The van der Waals surface area contributed by atoms with Gasteiger partial charge in [0, 0.05) is 18.0 Å². The van der Waals surface area contributed by atoms with Crippen LogP contribution < -0.4 is 5.32 Å². The minimum Gasteiger partial charge on any atom is -0.421 e. The molecule has 124 valence electrons. The number of aromatic amines is 1. The Balaban J connectivity index is 1.68. The third kappa shape index (κ3) is 2.74. The molecule has 4 aromatic rings. The molecule has 1 aromatic carbocycles. The fraction of sp³-hybridized carbons (Fsp3) is 0.118. The Hall–Kier alpha value is -3.55. The topological polar surface area (TPSA) is 110 Å². The van der Waals surface area contributed by atoms with Crippen LogP contribution in [0, 0.1) is 13.8 Å². The maximum absolute atomic E-state index is 12.7. The molecule has 2 N–H and O–H groups in total. The SMILES string of the molecule is Cc1nnc(-c2ccccc2C(=O)Nc2cnc3n[nH]c(C)c3c2)o1. The summed E-state index contributed by atoms with van der Waals surface area (Å²) < 4.78 is 5.45. The highest BCUT2D eigenvalue weighted by molar-refractivity contribution is 6.08. The first-order valence-corrected chi connectivity index (χ1v) is 7.63. The van der Waals surface area contributed by atoms with Gasteiger partial charge in [-0.05, 0) is 25.1 Å². The van der Waals surface area contributed by atoms with Gasteiger partial charge in [-0.15, -0.1) is 10.2 Å². The first-order chi connectivity index (χ1) is 12.1. The van der Waals surface area contributed by atoms with Crippen molar-refractivity contribution < 1.29 is 9.21 Å². The molecule has 0 aliphatic carbocycles. The zero-order valence-corrected chi connectivity index (χ0v) is 13.6. The van der Waals surface area contributed by atoms with Crippen LogP contribution in [0.3, 0.4) is 0 Å². The molecule has 0 saturated heterocycles. The number of hydrogen-bond donors (Lipinski definition) is 2. The van der Waals surface area contributed by atoms with Gasteiger partial charge in [0.15, 0.2) is 5.65 Å². The van der Waals surface area contributed by atoms with Crippen molar-refractivity contribution in [2.45, 2.75) is 13.8 Å². The Bertz CT molecular complexity index is 1080. The maximum Gasteiger partial charge on any atom is 0.256 e. The van der Waals surface area contributed by atoms with Crippen LogP contribution in [-0.4, -0.2) is 31.3 Å². The lowest BCUT2D eigenvalue weighted by Gasteiger charge is -2.08. The number of nitrogens with one attached hydrogen (secondary N) is 2. The lowest BCUT2D eigenvalue weighted by Crippen LogP contribution is -2.13. The number of rotatable bonds is 3. The number of H-pyrrole nitrogens is 1. The number of anilines is 1. The number of pyridine rings is 1. The van der Waals surface area contributed by atoms with Gasteiger partial charge in [-0.25, -0.2) is 4.98 Å². The minimum absolute atomic E-state index is 0.284. The second-order valence-electron chi connectivity index (χ2n) is 5.57. The van der Waals surface area contributed by atoms with Crippen LogP contribution in [0.4, 0.5) is 5.69 Å². The van der Waals surface area contributed by atoms with Gasteiger partial charge < -0.3 is 9.73 Å². The molecule has 1 amide bonds. The second kappa shape index (κ2) is 5.82. The monoisotopic (exact) mass is 334 g/mol. The number of carbonyl (C=O) groups is 1. The Morgan fingerprint density at radius 3 is 2.84 bits per heavy atom. The number of benzene rings is 1. The lowest BCUT2D eigenvalue weighted by molar-refractivity contribution is 0.102. The molecule has 0 atom stereocenters. The second-order valence-corrected chi connectivity index (χ2v) is 5.57. The molecular formula is C17H14N6O2. The zero-order chi connectivity index (χ0) is 17.4. The standard InChI is InChI=1S/C17H14N6O2/c1-9-14-7-11(8-18-15(14)22-20-9)19-16(24)12-5-3-4-6-13(12)17-23-21-10(2)25-17/h3-8H,1-2H3,(H,19,24)(H,18,20,22). The van der Waals surface area contributed by atoms with E-state index in [1.807, 2.05) is 19.1 Å². The van der Waals surface area contributed by atoms with Crippen LogP contribution in [0.1, 0.15) is 21.9 Å². The molecule has 8 heteroatoms. The average molecular weight is 334 g/mol. The summed E-state index contributed by atoms with van der Waals surface area (Å²) in [5.74, 6) is 0.464. The van der Waals surface area contributed by atoms with Gasteiger partial charge in [-0.3, -0.25) is 9.89 Å². The number of aromatic nitrogens is 5. The molecule has 0 bridgehead atoms. The fourth-order valence-electron chi connectivity index (χ4n) is 2.56. The van der Waals surface area contributed by atoms with E-state index in [4.69, 9.17) is 4.42 Å². The van der Waals surface area contributed by atoms with Crippen molar-refractivity contribution in [2.75, 3.05) is 5.32 Å². The molecule has 0 unspecified atom stereocenters. The van der Waals surface area contributed by atoms with Gasteiger partial charge >= 0.3 is 0 Å². The van der Waals surface area contributed by atoms with E-state index in [2.05, 4.69) is 30.7 Å². The summed E-state index contributed by atoms with van der Waals surface area (Å²) in [6.07, 6.45) is 1.57. The summed E-state index contributed by atoms with van der Waals surface area (Å²) in [6, 6.07) is 8.90. The number of amides is 1. The highest BCUT2D eigenvalue weighted by Gasteiger charge is 2.17. The molecule has 0 fully saturated rings. The fourth-order valence-corrected chi connectivity index (χ4v) is 2.56. The molecule has 0 spiro atoms. The Kier molecular flexibility index (Phi) is 3.50. The van der Waals surface area contributed by atoms with Crippen LogP contribution in [0.25, 0.3) is 22.5 Å². The summed E-state index contributed by atoms with van der Waals surface area (Å²) in [5.41, 5.74) is 3.10. The van der Waals surface area contributed by atoms with Crippen LogP contribution >= 0.6 is 0 Å². The van der Waals surface area contributed by atoms with Crippen molar-refractivity contribution in [2.24, 2.45) is 0 Å². The third-order valence-corrected chi connectivity index (χ3v) is 3.79. The van der Waals surface area contributed by atoms with Crippen molar-refractivity contribution >= 4 is 22.6 Å². The lowest BCUT2D eigenvalue weighted by atomic mass is 10.1. The highest BCUT2D eigenvalue weighted by atomic mass is 16.4. The molecule has 0 aliphatic heterocycles. The Morgan fingerprint density at radius 1 is 1.20 bits per heavy atom. The van der Waals surface area contributed by atoms with E-state index < -0.39 is 0 Å². The number of hydrogen-bond acceptors (Lipinski definition) is 6. The smallest absolute Gasteiger partial charge is 0.256 e. The van der Waals surface area contributed by atoms with Gasteiger partial charge in [0.2, 0.25) is 11.8 Å². The summed E-state index contributed by atoms with van der Waals surface area (Å²) in [6.45, 7) is 3.60. The maximum atomic E-state index is 12.7. The van der Waals surface area contributed by atoms with E-state index in [9.17, 15) is 4.79 Å². The van der Waals surface area contributed by atoms with Gasteiger partial charge in [0.05, 0.1) is 23.0 Å². The summed E-state index contributed by atoms with van der Waals surface area (Å²) in [7, 11) is 0. The zero-order valence-electron chi connectivity index (χ0n) is 13.6. The van der Waals surface area contributed by atoms with E-state index in [-0.39, 0.29) is 5.91 Å². The van der Waals surface area contributed by atoms with E-state index in [0.717, 1.165) is 11.1 Å². The van der Waals surface area contributed by atoms with Gasteiger partial charge in [0.1, 0.15) is 0 Å². The highest BCUT2D eigenvalue weighted by Crippen LogP contribution is 2.24. The number of aryl methyl sites for hydroxylation is 2. The summed E-state index contributed by atoms with van der Waals surface area (Å²) in [4.78, 5) is 17.0. The predicted octanol–water partition coefficient (Wildman–Crippen LogP) is 2.88. The largest absolute Gasteiger partial charge is 0.421 e. The van der Waals surface area contributed by atoms with E-state index in [1.165, 1.54) is 0 Å². The van der Waals surface area contributed by atoms with Crippen molar-refractivity contribution in [3.63, 3.8) is 0 Å². The van der Waals surface area contributed by atoms with Crippen molar-refractivity contribution in [1.82, 2.24) is 25.4 Å². The van der Waals surface area contributed by atoms with E-state index in [1.54, 1.807) is 31.3 Å². The summed E-state index contributed by atoms with van der Waals surface area (Å²) >= 11 is 0. The van der Waals surface area contributed by atoms with Gasteiger partial charge in [-0.1, -0.05) is 12.1 Å². The van der Waals surface area contributed by atoms with Crippen LogP contribution in [0.5, 0.6) is 0 Å². The first-order valence-electron chi connectivity index (χ1n) is 7.63. The molecule has 25 heavy (non-hydrogen) atoms. The van der Waals surface area contributed by atoms with Crippen LogP contribution in [-0.2, 0) is 0 Å². The normalized spacial score (nSPS) is 11.0. The molecule has 8 nitrogen and oxygen atoms in total. The van der Waals surface area contributed by atoms with Gasteiger partial charge in [-0.2, -0.15) is 5.10 Å². The van der Waals surface area contributed by atoms with Crippen LogP contribution in [0.2, 0.25) is 0 Å².